The molecular formula is C15H21N5O2S2. The Labute approximate surface area is 149 Å². The van der Waals surface area contributed by atoms with E-state index in [1.54, 1.807) is 18.4 Å². The van der Waals surface area contributed by atoms with Crippen molar-refractivity contribution in [3.05, 3.63) is 16.9 Å². The summed E-state index contributed by atoms with van der Waals surface area (Å²) in [5.74, 6) is -0.0790. The number of amides is 1. The molecule has 2 aromatic heterocycles. The molecule has 1 amide bonds. The lowest BCUT2D eigenvalue weighted by atomic mass is 9.95. The van der Waals surface area contributed by atoms with Crippen molar-refractivity contribution in [2.45, 2.75) is 48.2 Å². The fourth-order valence-corrected chi connectivity index (χ4v) is 5.03. The minimum atomic E-state index is -0.236. The molecule has 1 N–H and O–H groups in total. The summed E-state index contributed by atoms with van der Waals surface area (Å²) in [6, 6.07) is 0.515. The first-order chi connectivity index (χ1) is 11.5. The van der Waals surface area contributed by atoms with E-state index in [1.807, 2.05) is 18.7 Å². The third-order valence-electron chi connectivity index (χ3n) is 3.98. The summed E-state index contributed by atoms with van der Waals surface area (Å²) in [5.41, 5.74) is 1.08. The van der Waals surface area contributed by atoms with Crippen LogP contribution in [0.25, 0.3) is 0 Å². The summed E-state index contributed by atoms with van der Waals surface area (Å²) >= 11 is 3.57. The Morgan fingerprint density at radius 3 is 2.71 bits per heavy atom. The maximum Gasteiger partial charge on any atom is 0.314 e. The van der Waals surface area contributed by atoms with E-state index in [1.165, 1.54) is 11.8 Å². The van der Waals surface area contributed by atoms with Crippen LogP contribution in [-0.2, 0) is 7.05 Å². The Morgan fingerprint density at radius 2 is 2.12 bits per heavy atom. The van der Waals surface area contributed by atoms with Crippen LogP contribution in [-0.4, -0.2) is 44.1 Å². The van der Waals surface area contributed by atoms with Crippen molar-refractivity contribution in [1.29, 1.82) is 0 Å². The van der Waals surface area contributed by atoms with Gasteiger partial charge in [-0.15, -0.1) is 16.4 Å². The molecule has 0 aliphatic heterocycles. The van der Waals surface area contributed by atoms with Crippen LogP contribution in [0.5, 0.6) is 6.01 Å². The van der Waals surface area contributed by atoms with Gasteiger partial charge in [-0.3, -0.25) is 4.79 Å². The lowest BCUT2D eigenvalue weighted by Gasteiger charge is -2.27. The van der Waals surface area contributed by atoms with Gasteiger partial charge in [-0.2, -0.15) is 4.98 Å². The summed E-state index contributed by atoms with van der Waals surface area (Å²) in [6.07, 6.45) is 4.09. The number of hydrogen-bond donors (Lipinski definition) is 1. The van der Waals surface area contributed by atoms with Gasteiger partial charge < -0.3 is 10.1 Å². The first-order valence-corrected chi connectivity index (χ1v) is 9.65. The van der Waals surface area contributed by atoms with Crippen LogP contribution in [0.4, 0.5) is 0 Å². The highest BCUT2D eigenvalue weighted by atomic mass is 32.2. The Balaban J connectivity index is 1.48. The van der Waals surface area contributed by atoms with E-state index in [9.17, 15) is 4.79 Å². The molecule has 0 atom stereocenters. The number of carbonyl (C=O) groups excluding carboxylic acids is 1. The maximum atomic E-state index is 12.3. The molecule has 9 heteroatoms. The number of rotatable bonds is 5. The molecule has 0 unspecified atom stereocenters. The zero-order chi connectivity index (χ0) is 17.1. The molecule has 1 fully saturated rings. The number of methoxy groups -OCH3 is 1. The van der Waals surface area contributed by atoms with Gasteiger partial charge in [0, 0.05) is 29.4 Å². The normalized spacial score (nSPS) is 20.8. The van der Waals surface area contributed by atoms with Gasteiger partial charge in [-0.05, 0) is 32.6 Å². The van der Waals surface area contributed by atoms with Gasteiger partial charge in [0.15, 0.2) is 0 Å². The topological polar surface area (TPSA) is 81.9 Å². The number of nitrogens with one attached hydrogen (secondary N) is 1. The van der Waals surface area contributed by atoms with Crippen molar-refractivity contribution in [3.63, 3.8) is 0 Å². The van der Waals surface area contributed by atoms with Crippen molar-refractivity contribution in [2.24, 2.45) is 7.05 Å². The van der Waals surface area contributed by atoms with Crippen molar-refractivity contribution in [2.75, 3.05) is 7.11 Å². The van der Waals surface area contributed by atoms with E-state index >= 15 is 0 Å². The second-order valence-electron chi connectivity index (χ2n) is 5.87. The first kappa shape index (κ1) is 17.2. The highest BCUT2D eigenvalue weighted by Gasteiger charge is 2.25. The molecule has 1 aliphatic carbocycles. The lowest BCUT2D eigenvalue weighted by Crippen LogP contribution is -2.38. The van der Waals surface area contributed by atoms with Gasteiger partial charge in [0.05, 0.1) is 7.11 Å². The second-order valence-corrected chi connectivity index (χ2v) is 8.27. The van der Waals surface area contributed by atoms with Crippen LogP contribution in [0.15, 0.2) is 9.72 Å². The van der Waals surface area contributed by atoms with Crippen molar-refractivity contribution < 1.29 is 9.53 Å². The SMILES string of the molecule is COc1nc(C(=O)NC2CCC(Sc3nc(C)cs3)CC2)nn1C. The average Bonchev–Trinajstić information content (AvgIpc) is 3.14. The minimum Gasteiger partial charge on any atom is -0.467 e. The third-order valence-corrected chi connectivity index (χ3v) is 6.41. The second kappa shape index (κ2) is 7.52. The highest BCUT2D eigenvalue weighted by molar-refractivity contribution is 8.01. The molecule has 0 bridgehead atoms. The maximum absolute atomic E-state index is 12.3. The van der Waals surface area contributed by atoms with Crippen LogP contribution in [0.1, 0.15) is 42.0 Å². The molecule has 3 rings (SSSR count). The zero-order valence-electron chi connectivity index (χ0n) is 14.0. The monoisotopic (exact) mass is 367 g/mol. The Hall–Kier alpha value is -1.61. The van der Waals surface area contributed by atoms with Crippen molar-refractivity contribution >= 4 is 29.0 Å². The summed E-state index contributed by atoms with van der Waals surface area (Å²) in [7, 11) is 3.21. The van der Waals surface area contributed by atoms with E-state index in [2.05, 4.69) is 25.8 Å². The third kappa shape index (κ3) is 4.07. The van der Waals surface area contributed by atoms with Gasteiger partial charge in [0.2, 0.25) is 5.82 Å². The molecular weight excluding hydrogens is 346 g/mol. The lowest BCUT2D eigenvalue weighted by molar-refractivity contribution is 0.0917. The molecule has 24 heavy (non-hydrogen) atoms. The van der Waals surface area contributed by atoms with Crippen LogP contribution < -0.4 is 10.1 Å². The number of hydrogen-bond acceptors (Lipinski definition) is 7. The predicted molar refractivity (Wildman–Crippen MR) is 93.8 cm³/mol. The molecule has 1 saturated carbocycles. The molecule has 2 heterocycles. The summed E-state index contributed by atoms with van der Waals surface area (Å²) < 4.78 is 7.64. The molecule has 0 spiro atoms. The van der Waals surface area contributed by atoms with Gasteiger partial charge in [-0.25, -0.2) is 9.67 Å². The van der Waals surface area contributed by atoms with Crippen LogP contribution >= 0.6 is 23.1 Å². The molecule has 1 aliphatic rings. The summed E-state index contributed by atoms with van der Waals surface area (Å²) in [6.45, 7) is 2.02. The van der Waals surface area contributed by atoms with Crippen molar-refractivity contribution in [3.8, 4) is 6.01 Å². The highest BCUT2D eigenvalue weighted by Crippen LogP contribution is 2.35. The van der Waals surface area contributed by atoms with E-state index < -0.39 is 0 Å². The zero-order valence-corrected chi connectivity index (χ0v) is 15.6. The van der Waals surface area contributed by atoms with E-state index in [0.29, 0.717) is 11.3 Å². The number of thiazole rings is 1. The Kier molecular flexibility index (Phi) is 5.40. The largest absolute Gasteiger partial charge is 0.467 e. The van der Waals surface area contributed by atoms with Crippen LogP contribution in [0, 0.1) is 6.92 Å². The van der Waals surface area contributed by atoms with Gasteiger partial charge >= 0.3 is 6.01 Å². The quantitative estimate of drug-likeness (QED) is 0.874. The number of ether oxygens (including phenoxy) is 1. The number of aryl methyl sites for hydroxylation is 2. The summed E-state index contributed by atoms with van der Waals surface area (Å²) in [5, 5.41) is 9.78. The molecule has 0 saturated heterocycles. The molecule has 7 nitrogen and oxygen atoms in total. The van der Waals surface area contributed by atoms with E-state index in [4.69, 9.17) is 4.74 Å². The van der Waals surface area contributed by atoms with Crippen LogP contribution in [0.3, 0.4) is 0 Å². The molecule has 2 aromatic rings. The van der Waals surface area contributed by atoms with Gasteiger partial charge in [0.25, 0.3) is 5.91 Å². The average molecular weight is 368 g/mol. The standard InChI is InChI=1S/C15H21N5O2S2/c1-9-8-23-15(16-9)24-11-6-4-10(5-7-11)17-13(21)12-18-14(22-3)20(2)19-12/h8,10-11H,4-7H2,1-3H3,(H,17,21). The van der Waals surface area contributed by atoms with Gasteiger partial charge in [-0.1, -0.05) is 11.8 Å². The molecule has 0 radical (unpaired) electrons. The predicted octanol–water partition coefficient (Wildman–Crippen LogP) is 2.42. The molecule has 130 valence electrons. The number of nitrogens with zero attached hydrogens (tertiary/aromatic N) is 4. The summed E-state index contributed by atoms with van der Waals surface area (Å²) in [4.78, 5) is 20.8. The first-order valence-electron chi connectivity index (χ1n) is 7.90. The van der Waals surface area contributed by atoms with E-state index in [-0.39, 0.29) is 17.8 Å². The van der Waals surface area contributed by atoms with Crippen molar-refractivity contribution in [1.82, 2.24) is 25.1 Å². The van der Waals surface area contributed by atoms with Crippen LogP contribution in [0.2, 0.25) is 0 Å². The fourth-order valence-electron chi connectivity index (χ4n) is 2.75. The van der Waals surface area contributed by atoms with E-state index in [0.717, 1.165) is 35.7 Å². The Bertz CT molecular complexity index is 707. The Morgan fingerprint density at radius 1 is 1.38 bits per heavy atom. The molecule has 0 aromatic carbocycles. The number of carbonyl (C=O) groups is 1. The minimum absolute atomic E-state index is 0.157. The number of aromatic nitrogens is 4. The smallest absolute Gasteiger partial charge is 0.314 e. The van der Waals surface area contributed by atoms with Gasteiger partial charge in [0.1, 0.15) is 4.34 Å². The number of thioether (sulfide) groups is 1. The fraction of sp³-hybridized carbons (Fsp3) is 0.600.